The third kappa shape index (κ3) is 19.2. The largest absolute Gasteiger partial charge is 0.0885 e. The van der Waals surface area contributed by atoms with E-state index in [4.69, 9.17) is 0 Å². The average Bonchev–Trinajstić information content (AvgIpc) is 2.45. The van der Waals surface area contributed by atoms with Gasteiger partial charge in [0.25, 0.3) is 0 Å². The third-order valence-electron chi connectivity index (χ3n) is 3.83. The smallest absolute Gasteiger partial charge is 0.0169 e. The average molecular weight is 305 g/mol. The second kappa shape index (κ2) is 15.1. The first-order valence-corrected chi connectivity index (χ1v) is 9.51. The van der Waals surface area contributed by atoms with Gasteiger partial charge >= 0.3 is 0 Å². The Bertz CT molecular complexity index is 298. The van der Waals surface area contributed by atoms with Gasteiger partial charge in [-0.1, -0.05) is 96.3 Å². The van der Waals surface area contributed by atoms with Crippen molar-refractivity contribution in [1.29, 1.82) is 0 Å². The summed E-state index contributed by atoms with van der Waals surface area (Å²) in [6, 6.07) is 0. The number of hydrogen-bond acceptors (Lipinski definition) is 0. The number of rotatable bonds is 13. The molecule has 0 saturated heterocycles. The zero-order valence-corrected chi connectivity index (χ0v) is 15.7. The first-order valence-electron chi connectivity index (χ1n) is 9.51. The Morgan fingerprint density at radius 1 is 0.591 bits per heavy atom. The molecular weight excluding hydrogens is 264 g/mol. The fourth-order valence-electron chi connectivity index (χ4n) is 2.45. The topological polar surface area (TPSA) is 0 Å². The van der Waals surface area contributed by atoms with E-state index in [2.05, 4.69) is 64.2 Å². The van der Waals surface area contributed by atoms with Gasteiger partial charge in [-0.25, -0.2) is 0 Å². The molecule has 0 aliphatic rings. The molecule has 0 unspecified atom stereocenters. The molecule has 0 aromatic carbocycles. The van der Waals surface area contributed by atoms with E-state index in [9.17, 15) is 0 Å². The summed E-state index contributed by atoms with van der Waals surface area (Å²) in [5.74, 6) is 0. The second-order valence-electron chi connectivity index (χ2n) is 7.51. The Kier molecular flexibility index (Phi) is 14.6. The minimum absolute atomic E-state index is 0.519. The summed E-state index contributed by atoms with van der Waals surface area (Å²) in [4.78, 5) is 0. The molecule has 0 saturated carbocycles. The lowest BCUT2D eigenvalue weighted by Gasteiger charge is -2.17. The lowest BCUT2D eigenvalue weighted by Crippen LogP contribution is -2.03. The maximum atomic E-state index is 2.35. The maximum absolute atomic E-state index is 2.35. The standard InChI is InChI=1S/C22H40/c1-5-6-7-8-9-10-11-12-13-14-15-16-17-18-19-20-21-22(2,3)4/h6-7,9-10,12-13H,5,8,11,14-21H2,1-4H3/b7-6+,10-9-,13-12+. The lowest BCUT2D eigenvalue weighted by atomic mass is 9.89. The van der Waals surface area contributed by atoms with E-state index in [1.54, 1.807) is 0 Å². The van der Waals surface area contributed by atoms with Crippen LogP contribution in [0.1, 0.15) is 98.3 Å². The van der Waals surface area contributed by atoms with Crippen molar-refractivity contribution >= 4 is 0 Å². The highest BCUT2D eigenvalue weighted by Gasteiger charge is 2.08. The van der Waals surface area contributed by atoms with E-state index in [0.717, 1.165) is 19.3 Å². The fourth-order valence-corrected chi connectivity index (χ4v) is 2.45. The molecule has 0 aromatic rings. The van der Waals surface area contributed by atoms with Crippen molar-refractivity contribution in [2.75, 3.05) is 0 Å². The Balaban J connectivity index is 3.25. The molecule has 0 N–H and O–H groups in total. The van der Waals surface area contributed by atoms with Crippen LogP contribution in [0.4, 0.5) is 0 Å². The van der Waals surface area contributed by atoms with Crippen molar-refractivity contribution in [1.82, 2.24) is 0 Å². The normalized spacial score (nSPS) is 13.1. The van der Waals surface area contributed by atoms with Crippen molar-refractivity contribution in [3.63, 3.8) is 0 Å². The summed E-state index contributed by atoms with van der Waals surface area (Å²) in [5.41, 5.74) is 0.519. The summed E-state index contributed by atoms with van der Waals surface area (Å²) in [6.45, 7) is 9.21. The van der Waals surface area contributed by atoms with Crippen LogP contribution in [-0.4, -0.2) is 0 Å². The van der Waals surface area contributed by atoms with Crippen molar-refractivity contribution in [2.45, 2.75) is 98.3 Å². The highest BCUT2D eigenvalue weighted by molar-refractivity contribution is 4.96. The SMILES string of the molecule is CC/C=C/C/C=C\C/C=C/CCCCCCCCC(C)(C)C. The van der Waals surface area contributed by atoms with Gasteiger partial charge in [-0.3, -0.25) is 0 Å². The zero-order valence-electron chi connectivity index (χ0n) is 15.7. The molecule has 0 rings (SSSR count). The molecule has 0 radical (unpaired) electrons. The molecule has 128 valence electrons. The number of unbranched alkanes of at least 4 members (excludes halogenated alkanes) is 6. The van der Waals surface area contributed by atoms with Crippen LogP contribution in [0, 0.1) is 5.41 Å². The molecule has 0 aliphatic carbocycles. The Labute approximate surface area is 140 Å². The Morgan fingerprint density at radius 2 is 1.09 bits per heavy atom. The van der Waals surface area contributed by atoms with Crippen molar-refractivity contribution in [3.05, 3.63) is 36.5 Å². The number of allylic oxidation sites excluding steroid dienone is 6. The van der Waals surface area contributed by atoms with Gasteiger partial charge < -0.3 is 0 Å². The third-order valence-corrected chi connectivity index (χ3v) is 3.83. The van der Waals surface area contributed by atoms with Crippen LogP contribution in [0.2, 0.25) is 0 Å². The van der Waals surface area contributed by atoms with Gasteiger partial charge in [-0.05, 0) is 43.9 Å². The summed E-state index contributed by atoms with van der Waals surface area (Å²) >= 11 is 0. The van der Waals surface area contributed by atoms with Crippen molar-refractivity contribution < 1.29 is 0 Å². The van der Waals surface area contributed by atoms with Crippen LogP contribution in [0.3, 0.4) is 0 Å². The van der Waals surface area contributed by atoms with Crippen molar-refractivity contribution in [3.8, 4) is 0 Å². The van der Waals surface area contributed by atoms with Crippen LogP contribution in [-0.2, 0) is 0 Å². The maximum Gasteiger partial charge on any atom is -0.0169 e. The lowest BCUT2D eigenvalue weighted by molar-refractivity contribution is 0.356. The van der Waals surface area contributed by atoms with Gasteiger partial charge in [0.1, 0.15) is 0 Å². The van der Waals surface area contributed by atoms with Crippen molar-refractivity contribution in [2.24, 2.45) is 5.41 Å². The molecule has 0 heterocycles. The summed E-state index contributed by atoms with van der Waals surface area (Å²) < 4.78 is 0. The van der Waals surface area contributed by atoms with Gasteiger partial charge in [0.05, 0.1) is 0 Å². The molecule has 0 amide bonds. The molecule has 0 fully saturated rings. The molecule has 0 aliphatic heterocycles. The zero-order chi connectivity index (χ0) is 16.5. The van der Waals surface area contributed by atoms with E-state index in [1.807, 2.05) is 0 Å². The molecule has 0 bridgehead atoms. The quantitative estimate of drug-likeness (QED) is 0.239. The molecule has 22 heavy (non-hydrogen) atoms. The van der Waals surface area contributed by atoms with Crippen LogP contribution < -0.4 is 0 Å². The van der Waals surface area contributed by atoms with E-state index in [-0.39, 0.29) is 0 Å². The predicted octanol–water partition coefficient (Wildman–Crippen LogP) is 8.01. The van der Waals surface area contributed by atoms with Gasteiger partial charge in [0, 0.05) is 0 Å². The van der Waals surface area contributed by atoms with Crippen LogP contribution in [0.15, 0.2) is 36.5 Å². The Hall–Kier alpha value is -0.780. The minimum Gasteiger partial charge on any atom is -0.0885 e. The molecule has 0 spiro atoms. The second-order valence-corrected chi connectivity index (χ2v) is 7.51. The van der Waals surface area contributed by atoms with Gasteiger partial charge in [-0.15, -0.1) is 0 Å². The predicted molar refractivity (Wildman–Crippen MR) is 103 cm³/mol. The van der Waals surface area contributed by atoms with Gasteiger partial charge in [-0.2, -0.15) is 0 Å². The van der Waals surface area contributed by atoms with Crippen LogP contribution >= 0.6 is 0 Å². The number of hydrogen-bond donors (Lipinski definition) is 0. The van der Waals surface area contributed by atoms with E-state index in [1.165, 1.54) is 51.4 Å². The molecule has 0 heteroatoms. The monoisotopic (exact) mass is 304 g/mol. The van der Waals surface area contributed by atoms with E-state index < -0.39 is 0 Å². The summed E-state index contributed by atoms with van der Waals surface area (Å²) in [5, 5.41) is 0. The van der Waals surface area contributed by atoms with Crippen LogP contribution in [0.25, 0.3) is 0 Å². The summed E-state index contributed by atoms with van der Waals surface area (Å²) in [7, 11) is 0. The van der Waals surface area contributed by atoms with Crippen LogP contribution in [0.5, 0.6) is 0 Å². The highest BCUT2D eigenvalue weighted by atomic mass is 14.1. The molecule has 0 nitrogen and oxygen atoms in total. The van der Waals surface area contributed by atoms with E-state index >= 15 is 0 Å². The first kappa shape index (κ1) is 21.2. The minimum atomic E-state index is 0.519. The highest BCUT2D eigenvalue weighted by Crippen LogP contribution is 2.22. The van der Waals surface area contributed by atoms with Gasteiger partial charge in [0.15, 0.2) is 0 Å². The van der Waals surface area contributed by atoms with Gasteiger partial charge in [0.2, 0.25) is 0 Å². The first-order chi connectivity index (χ1) is 10.6. The fraction of sp³-hybridized carbons (Fsp3) is 0.727. The molecular formula is C22H40. The Morgan fingerprint density at radius 3 is 1.68 bits per heavy atom. The van der Waals surface area contributed by atoms with E-state index in [0.29, 0.717) is 5.41 Å². The molecule has 0 atom stereocenters. The summed E-state index contributed by atoms with van der Waals surface area (Å²) in [6.07, 6.45) is 28.0. The molecule has 0 aromatic heterocycles.